The number of hydrogen-bond donors (Lipinski definition) is 0. The Hall–Kier alpha value is -0.850. The summed E-state index contributed by atoms with van der Waals surface area (Å²) in [4.78, 5) is 4.54. The summed E-state index contributed by atoms with van der Waals surface area (Å²) >= 11 is 0. The minimum Gasteiger partial charge on any atom is -0.261 e. The highest BCUT2D eigenvalue weighted by Crippen LogP contribution is 2.88. The molecule has 3 aliphatic rings. The molecule has 0 amide bonds. The molecule has 13 heavy (non-hydrogen) atoms. The molecule has 1 aromatic rings. The number of hydrogen-bond acceptors (Lipinski definition) is 1. The van der Waals surface area contributed by atoms with E-state index in [0.29, 0.717) is 5.41 Å². The van der Waals surface area contributed by atoms with Crippen LogP contribution >= 0.6 is 0 Å². The Labute approximate surface area is 78.2 Å². The van der Waals surface area contributed by atoms with Gasteiger partial charge in [-0.15, -0.1) is 0 Å². The van der Waals surface area contributed by atoms with Crippen LogP contribution in [-0.2, 0) is 5.41 Å². The Kier molecular flexibility index (Phi) is 0.919. The van der Waals surface area contributed by atoms with Crippen LogP contribution in [0.15, 0.2) is 24.4 Å². The Balaban J connectivity index is 1.78. The van der Waals surface area contributed by atoms with Gasteiger partial charge in [0.05, 0.1) is 0 Å². The summed E-state index contributed by atoms with van der Waals surface area (Å²) in [6, 6.07) is 6.40. The molecule has 1 heterocycles. The molecule has 0 spiro atoms. The van der Waals surface area contributed by atoms with E-state index in [1.54, 1.807) is 0 Å². The number of fused-ring (bicyclic) bond motifs is 2. The molecule has 3 aliphatic carbocycles. The Morgan fingerprint density at radius 1 is 1.23 bits per heavy atom. The largest absolute Gasteiger partial charge is 0.261 e. The molecule has 1 heteroatoms. The second-order valence-corrected chi connectivity index (χ2v) is 4.82. The van der Waals surface area contributed by atoms with Crippen LogP contribution in [0.1, 0.15) is 25.0 Å². The van der Waals surface area contributed by atoms with E-state index in [-0.39, 0.29) is 0 Å². The quantitative estimate of drug-likeness (QED) is 0.632. The first-order chi connectivity index (χ1) is 6.45. The first-order valence-electron chi connectivity index (χ1n) is 5.37. The van der Waals surface area contributed by atoms with Gasteiger partial charge in [0.1, 0.15) is 0 Å². The summed E-state index contributed by atoms with van der Waals surface area (Å²) < 4.78 is 0. The summed E-state index contributed by atoms with van der Waals surface area (Å²) in [5.41, 5.74) is 2.01. The molecule has 0 aromatic carbocycles. The number of pyridine rings is 1. The van der Waals surface area contributed by atoms with E-state index in [1.807, 2.05) is 12.3 Å². The van der Waals surface area contributed by atoms with Gasteiger partial charge in [0.15, 0.2) is 0 Å². The molecule has 66 valence electrons. The van der Waals surface area contributed by atoms with Crippen molar-refractivity contribution in [3.8, 4) is 0 Å². The number of aromatic nitrogens is 1. The van der Waals surface area contributed by atoms with E-state index in [9.17, 15) is 0 Å². The van der Waals surface area contributed by atoms with Crippen LogP contribution in [0.3, 0.4) is 0 Å². The van der Waals surface area contributed by atoms with Gasteiger partial charge in [-0.2, -0.15) is 0 Å². The summed E-state index contributed by atoms with van der Waals surface area (Å²) in [6.07, 6.45) is 6.36. The monoisotopic (exact) mass is 171 g/mol. The third-order valence-corrected chi connectivity index (χ3v) is 4.57. The second kappa shape index (κ2) is 1.82. The zero-order valence-corrected chi connectivity index (χ0v) is 7.61. The molecule has 2 unspecified atom stereocenters. The Morgan fingerprint density at radius 3 is 2.69 bits per heavy atom. The molecule has 2 atom stereocenters. The van der Waals surface area contributed by atoms with Crippen molar-refractivity contribution in [2.45, 2.75) is 24.7 Å². The van der Waals surface area contributed by atoms with Gasteiger partial charge in [-0.1, -0.05) is 12.5 Å². The first-order valence-corrected chi connectivity index (χ1v) is 5.37. The zero-order chi connectivity index (χ0) is 8.47. The van der Waals surface area contributed by atoms with Crippen LogP contribution in [0.25, 0.3) is 0 Å². The maximum atomic E-state index is 4.54. The lowest BCUT2D eigenvalue weighted by molar-refractivity contribution is 0.312. The maximum absolute atomic E-state index is 4.54. The summed E-state index contributed by atoms with van der Waals surface area (Å²) in [7, 11) is 0. The van der Waals surface area contributed by atoms with Crippen LogP contribution < -0.4 is 0 Å². The average Bonchev–Trinajstić information content (AvgIpc) is 3.09. The van der Waals surface area contributed by atoms with Gasteiger partial charge < -0.3 is 0 Å². The van der Waals surface area contributed by atoms with Crippen molar-refractivity contribution in [1.29, 1.82) is 0 Å². The highest BCUT2D eigenvalue weighted by atomic mass is 14.9. The predicted molar refractivity (Wildman–Crippen MR) is 50.2 cm³/mol. The van der Waals surface area contributed by atoms with Crippen molar-refractivity contribution < 1.29 is 0 Å². The van der Waals surface area contributed by atoms with Crippen LogP contribution in [0, 0.1) is 17.8 Å². The molecule has 3 fully saturated rings. The molecule has 0 N–H and O–H groups in total. The van der Waals surface area contributed by atoms with Gasteiger partial charge in [0, 0.05) is 17.3 Å². The minimum atomic E-state index is 0.611. The fourth-order valence-corrected chi connectivity index (χ4v) is 4.02. The predicted octanol–water partition coefficient (Wildman–Crippen LogP) is 2.38. The molecular weight excluding hydrogens is 158 g/mol. The molecular formula is C12H13N. The van der Waals surface area contributed by atoms with Gasteiger partial charge in [-0.05, 0) is 42.7 Å². The number of rotatable bonds is 1. The summed E-state index contributed by atoms with van der Waals surface area (Å²) in [5, 5.41) is 0. The normalized spacial score (nSPS) is 49.7. The topological polar surface area (TPSA) is 12.9 Å². The van der Waals surface area contributed by atoms with Gasteiger partial charge in [0.2, 0.25) is 0 Å². The first kappa shape index (κ1) is 6.58. The molecule has 4 rings (SSSR count). The van der Waals surface area contributed by atoms with E-state index >= 15 is 0 Å². The maximum Gasteiger partial charge on any atom is 0.0474 e. The van der Waals surface area contributed by atoms with Crippen molar-refractivity contribution in [2.24, 2.45) is 17.8 Å². The number of nitrogens with zero attached hydrogens (tertiary/aromatic N) is 1. The van der Waals surface area contributed by atoms with E-state index in [1.165, 1.54) is 25.0 Å². The van der Waals surface area contributed by atoms with Crippen LogP contribution in [-0.4, -0.2) is 4.98 Å². The molecule has 0 saturated heterocycles. The lowest BCUT2D eigenvalue weighted by atomic mass is 9.81. The average molecular weight is 171 g/mol. The fraction of sp³-hybridized carbons (Fsp3) is 0.583. The highest BCUT2D eigenvalue weighted by molar-refractivity contribution is 5.48. The molecule has 0 bridgehead atoms. The van der Waals surface area contributed by atoms with E-state index in [4.69, 9.17) is 0 Å². The lowest BCUT2D eigenvalue weighted by Crippen LogP contribution is -2.19. The lowest BCUT2D eigenvalue weighted by Gasteiger charge is -2.24. The van der Waals surface area contributed by atoms with Crippen molar-refractivity contribution in [1.82, 2.24) is 4.98 Å². The smallest absolute Gasteiger partial charge is 0.0474 e. The van der Waals surface area contributed by atoms with E-state index < -0.39 is 0 Å². The van der Waals surface area contributed by atoms with E-state index in [0.717, 1.165) is 17.8 Å². The summed E-state index contributed by atoms with van der Waals surface area (Å²) in [6.45, 7) is 0. The molecule has 1 nitrogen and oxygen atoms in total. The zero-order valence-electron chi connectivity index (χ0n) is 7.61. The van der Waals surface area contributed by atoms with Crippen LogP contribution in [0.5, 0.6) is 0 Å². The standard InChI is InChI=1S/C12H13N/c1-2-7-13-10(6-1)12-8-4-3-5-9(12)11(8)12/h1-2,6-9,11H,3-5H2. The van der Waals surface area contributed by atoms with Crippen LogP contribution in [0.4, 0.5) is 0 Å². The van der Waals surface area contributed by atoms with Gasteiger partial charge >= 0.3 is 0 Å². The van der Waals surface area contributed by atoms with E-state index in [2.05, 4.69) is 17.1 Å². The van der Waals surface area contributed by atoms with Gasteiger partial charge in [-0.25, -0.2) is 0 Å². The van der Waals surface area contributed by atoms with Crippen molar-refractivity contribution in [3.05, 3.63) is 30.1 Å². The Bertz CT molecular complexity index is 335. The van der Waals surface area contributed by atoms with Gasteiger partial charge in [0.25, 0.3) is 0 Å². The Morgan fingerprint density at radius 2 is 2.08 bits per heavy atom. The van der Waals surface area contributed by atoms with Gasteiger partial charge in [-0.3, -0.25) is 4.98 Å². The third kappa shape index (κ3) is 0.551. The fourth-order valence-electron chi connectivity index (χ4n) is 4.02. The third-order valence-electron chi connectivity index (χ3n) is 4.57. The second-order valence-electron chi connectivity index (χ2n) is 4.82. The molecule has 1 aromatic heterocycles. The van der Waals surface area contributed by atoms with Crippen molar-refractivity contribution in [2.75, 3.05) is 0 Å². The van der Waals surface area contributed by atoms with Crippen molar-refractivity contribution in [3.63, 3.8) is 0 Å². The SMILES string of the molecule is c1ccc(C23C4CCCC2C43)nc1. The highest BCUT2D eigenvalue weighted by Gasteiger charge is 2.87. The molecule has 0 aliphatic heterocycles. The minimum absolute atomic E-state index is 0.611. The molecule has 0 radical (unpaired) electrons. The van der Waals surface area contributed by atoms with Crippen LogP contribution in [0.2, 0.25) is 0 Å². The summed E-state index contributed by atoms with van der Waals surface area (Å²) in [5.74, 6) is 3.11. The van der Waals surface area contributed by atoms with Crippen molar-refractivity contribution >= 4 is 0 Å². The molecule has 3 saturated carbocycles.